The van der Waals surface area contributed by atoms with Crippen molar-refractivity contribution in [1.82, 2.24) is 9.78 Å². The summed E-state index contributed by atoms with van der Waals surface area (Å²) in [6, 6.07) is 1.51. The summed E-state index contributed by atoms with van der Waals surface area (Å²) in [6.45, 7) is 1.35. The molecule has 5 heteroatoms. The molecule has 0 radical (unpaired) electrons. The van der Waals surface area contributed by atoms with Gasteiger partial charge in [0, 0.05) is 12.7 Å². The number of hydrogen-bond acceptors (Lipinski definition) is 4. The van der Waals surface area contributed by atoms with Crippen LogP contribution in [0.5, 0.6) is 5.75 Å². The van der Waals surface area contributed by atoms with E-state index in [1.165, 1.54) is 17.9 Å². The molecule has 1 aliphatic rings. The van der Waals surface area contributed by atoms with Crippen LogP contribution >= 0.6 is 0 Å². The first kappa shape index (κ1) is 10.2. The second kappa shape index (κ2) is 4.44. The molecule has 0 unspecified atom stereocenters. The fourth-order valence-electron chi connectivity index (χ4n) is 1.70. The third-order valence-corrected chi connectivity index (χ3v) is 2.52. The number of nitrogens with zero attached hydrogens (tertiary/aromatic N) is 2. The lowest BCUT2D eigenvalue weighted by molar-refractivity contribution is 0.0530. The topological polar surface area (TPSA) is 53.4 Å². The van der Waals surface area contributed by atoms with E-state index in [1.54, 1.807) is 6.20 Å². The standard InChI is InChI=1S/C10H14N2O3/c1-14-9-5-10(13)12(11-6-9)8-3-2-4-15-7-8/h5-6,8H,2-4,7H2,1H3/t8-/m1/s1. The lowest BCUT2D eigenvalue weighted by atomic mass is 10.1. The minimum absolute atomic E-state index is 0.0668. The summed E-state index contributed by atoms with van der Waals surface area (Å²) in [5.74, 6) is 0.493. The Morgan fingerprint density at radius 3 is 3.13 bits per heavy atom. The molecule has 0 aliphatic carbocycles. The number of hydrogen-bond donors (Lipinski definition) is 0. The van der Waals surface area contributed by atoms with Crippen LogP contribution in [0.2, 0.25) is 0 Å². The maximum atomic E-state index is 11.7. The normalized spacial score (nSPS) is 21.3. The van der Waals surface area contributed by atoms with E-state index in [-0.39, 0.29) is 11.6 Å². The van der Waals surface area contributed by atoms with Crippen LogP contribution in [0.15, 0.2) is 17.1 Å². The van der Waals surface area contributed by atoms with Gasteiger partial charge in [-0.3, -0.25) is 4.79 Å². The lowest BCUT2D eigenvalue weighted by Gasteiger charge is -2.22. The molecule has 1 fully saturated rings. The highest BCUT2D eigenvalue weighted by atomic mass is 16.5. The quantitative estimate of drug-likeness (QED) is 0.717. The zero-order valence-electron chi connectivity index (χ0n) is 8.68. The van der Waals surface area contributed by atoms with E-state index in [2.05, 4.69) is 5.10 Å². The van der Waals surface area contributed by atoms with E-state index < -0.39 is 0 Å². The van der Waals surface area contributed by atoms with Gasteiger partial charge in [0.2, 0.25) is 0 Å². The molecule has 82 valence electrons. The third kappa shape index (κ3) is 2.18. The maximum absolute atomic E-state index is 11.7. The molecule has 0 amide bonds. The van der Waals surface area contributed by atoms with Crippen LogP contribution in [0.25, 0.3) is 0 Å². The van der Waals surface area contributed by atoms with Gasteiger partial charge in [-0.25, -0.2) is 4.68 Å². The second-order valence-electron chi connectivity index (χ2n) is 3.55. The number of rotatable bonds is 2. The summed E-state index contributed by atoms with van der Waals surface area (Å²) in [7, 11) is 1.52. The molecule has 1 saturated heterocycles. The molecule has 1 aromatic heterocycles. The largest absolute Gasteiger partial charge is 0.495 e. The Labute approximate surface area is 87.6 Å². The Kier molecular flexibility index (Phi) is 3.01. The maximum Gasteiger partial charge on any atom is 0.270 e. The second-order valence-corrected chi connectivity index (χ2v) is 3.55. The average molecular weight is 210 g/mol. The van der Waals surface area contributed by atoms with Crippen LogP contribution in [0.4, 0.5) is 0 Å². The Bertz CT molecular complexity index is 382. The van der Waals surface area contributed by atoms with Crippen molar-refractivity contribution in [3.63, 3.8) is 0 Å². The van der Waals surface area contributed by atoms with Crippen molar-refractivity contribution in [3.05, 3.63) is 22.6 Å². The molecule has 15 heavy (non-hydrogen) atoms. The van der Waals surface area contributed by atoms with E-state index in [1.807, 2.05) is 0 Å². The average Bonchev–Trinajstić information content (AvgIpc) is 2.30. The van der Waals surface area contributed by atoms with Crippen molar-refractivity contribution in [2.45, 2.75) is 18.9 Å². The van der Waals surface area contributed by atoms with Crippen molar-refractivity contribution in [1.29, 1.82) is 0 Å². The molecular weight excluding hydrogens is 196 g/mol. The zero-order valence-corrected chi connectivity index (χ0v) is 8.68. The number of methoxy groups -OCH3 is 1. The van der Waals surface area contributed by atoms with Gasteiger partial charge in [-0.05, 0) is 12.8 Å². The molecule has 0 spiro atoms. The predicted molar refractivity (Wildman–Crippen MR) is 54.1 cm³/mol. The SMILES string of the molecule is COc1cnn([C@@H]2CCCOC2)c(=O)c1. The van der Waals surface area contributed by atoms with Gasteiger partial charge in [-0.1, -0.05) is 0 Å². The van der Waals surface area contributed by atoms with Crippen LogP contribution in [-0.4, -0.2) is 30.1 Å². The van der Waals surface area contributed by atoms with E-state index >= 15 is 0 Å². The summed E-state index contributed by atoms with van der Waals surface area (Å²) < 4.78 is 11.7. The summed E-state index contributed by atoms with van der Waals surface area (Å²) in [6.07, 6.45) is 3.47. The number of ether oxygens (including phenoxy) is 2. The summed E-state index contributed by atoms with van der Waals surface area (Å²) >= 11 is 0. The van der Waals surface area contributed by atoms with Crippen LogP contribution in [0.1, 0.15) is 18.9 Å². The molecular formula is C10H14N2O3. The van der Waals surface area contributed by atoms with E-state index in [0.717, 1.165) is 19.4 Å². The molecule has 1 atom stereocenters. The highest BCUT2D eigenvalue weighted by Crippen LogP contribution is 2.16. The van der Waals surface area contributed by atoms with Gasteiger partial charge in [-0.15, -0.1) is 0 Å². The van der Waals surface area contributed by atoms with Crippen molar-refractivity contribution >= 4 is 0 Å². The number of aromatic nitrogens is 2. The summed E-state index contributed by atoms with van der Waals surface area (Å²) in [4.78, 5) is 11.7. The van der Waals surface area contributed by atoms with Gasteiger partial charge in [0.05, 0.1) is 26.0 Å². The van der Waals surface area contributed by atoms with Gasteiger partial charge in [0.15, 0.2) is 0 Å². The molecule has 1 aromatic rings. The Morgan fingerprint density at radius 1 is 1.67 bits per heavy atom. The smallest absolute Gasteiger partial charge is 0.270 e. The minimum Gasteiger partial charge on any atom is -0.495 e. The summed E-state index contributed by atoms with van der Waals surface area (Å²) in [5.41, 5.74) is -0.134. The monoisotopic (exact) mass is 210 g/mol. The first-order chi connectivity index (χ1) is 7.31. The van der Waals surface area contributed by atoms with Gasteiger partial charge >= 0.3 is 0 Å². The fourth-order valence-corrected chi connectivity index (χ4v) is 1.70. The molecule has 0 saturated carbocycles. The molecule has 2 rings (SSSR count). The van der Waals surface area contributed by atoms with Gasteiger partial charge in [-0.2, -0.15) is 5.10 Å². The lowest BCUT2D eigenvalue weighted by Crippen LogP contribution is -2.31. The Balaban J connectivity index is 2.24. The first-order valence-electron chi connectivity index (χ1n) is 5.02. The van der Waals surface area contributed by atoms with Crippen molar-refractivity contribution in [3.8, 4) is 5.75 Å². The van der Waals surface area contributed by atoms with E-state index in [4.69, 9.17) is 9.47 Å². The highest BCUT2D eigenvalue weighted by Gasteiger charge is 2.17. The molecule has 5 nitrogen and oxygen atoms in total. The molecule has 1 aliphatic heterocycles. The van der Waals surface area contributed by atoms with Crippen LogP contribution < -0.4 is 10.3 Å². The van der Waals surface area contributed by atoms with Crippen molar-refractivity contribution in [2.75, 3.05) is 20.3 Å². The van der Waals surface area contributed by atoms with E-state index in [9.17, 15) is 4.79 Å². The van der Waals surface area contributed by atoms with Crippen LogP contribution in [0.3, 0.4) is 0 Å². The van der Waals surface area contributed by atoms with Crippen LogP contribution in [0, 0.1) is 0 Å². The minimum atomic E-state index is -0.134. The first-order valence-corrected chi connectivity index (χ1v) is 5.02. The summed E-state index contributed by atoms with van der Waals surface area (Å²) in [5, 5.41) is 4.07. The van der Waals surface area contributed by atoms with Gasteiger partial charge in [0.25, 0.3) is 5.56 Å². The third-order valence-electron chi connectivity index (χ3n) is 2.52. The Hall–Kier alpha value is -1.36. The predicted octanol–water partition coefficient (Wildman–Crippen LogP) is 0.603. The molecule has 0 N–H and O–H groups in total. The van der Waals surface area contributed by atoms with Gasteiger partial charge < -0.3 is 9.47 Å². The van der Waals surface area contributed by atoms with E-state index in [0.29, 0.717) is 12.4 Å². The van der Waals surface area contributed by atoms with Gasteiger partial charge in [0.1, 0.15) is 5.75 Å². The Morgan fingerprint density at radius 2 is 2.53 bits per heavy atom. The van der Waals surface area contributed by atoms with Crippen LogP contribution in [-0.2, 0) is 4.74 Å². The molecule has 2 heterocycles. The van der Waals surface area contributed by atoms with Crippen molar-refractivity contribution in [2.24, 2.45) is 0 Å². The van der Waals surface area contributed by atoms with Crippen molar-refractivity contribution < 1.29 is 9.47 Å². The highest BCUT2D eigenvalue weighted by molar-refractivity contribution is 5.13. The molecule has 0 bridgehead atoms. The fraction of sp³-hybridized carbons (Fsp3) is 0.600. The zero-order chi connectivity index (χ0) is 10.7. The molecule has 0 aromatic carbocycles.